The van der Waals surface area contributed by atoms with Crippen LogP contribution in [0.15, 0.2) is 6.20 Å². The summed E-state index contributed by atoms with van der Waals surface area (Å²) in [6.07, 6.45) is 7.08. The number of nitrogens with zero attached hydrogens (tertiary/aromatic N) is 4. The molecule has 7 heteroatoms. The van der Waals surface area contributed by atoms with Crippen LogP contribution < -0.4 is 16.2 Å². The molecular formula is C12H19N7. The fourth-order valence-electron chi connectivity index (χ4n) is 2.84. The Kier molecular flexibility index (Phi) is 3.20. The second-order valence-corrected chi connectivity index (χ2v) is 5.18. The van der Waals surface area contributed by atoms with E-state index < -0.39 is 0 Å². The van der Waals surface area contributed by atoms with Gasteiger partial charge in [0.25, 0.3) is 0 Å². The van der Waals surface area contributed by atoms with E-state index in [-0.39, 0.29) is 0 Å². The molecule has 1 fully saturated rings. The van der Waals surface area contributed by atoms with E-state index in [9.17, 15) is 0 Å². The van der Waals surface area contributed by atoms with E-state index >= 15 is 0 Å². The monoisotopic (exact) mass is 261 g/mol. The molecule has 0 aliphatic heterocycles. The summed E-state index contributed by atoms with van der Waals surface area (Å²) < 4.78 is 0. The molecule has 1 saturated carbocycles. The Morgan fingerprint density at radius 2 is 2.21 bits per heavy atom. The maximum atomic E-state index is 5.41. The molecule has 0 amide bonds. The van der Waals surface area contributed by atoms with Crippen LogP contribution in [0.5, 0.6) is 0 Å². The van der Waals surface area contributed by atoms with Gasteiger partial charge in [-0.2, -0.15) is 15.1 Å². The van der Waals surface area contributed by atoms with Gasteiger partial charge in [0, 0.05) is 13.6 Å². The number of nitrogens with two attached hydrogens (primary N) is 1. The highest BCUT2D eigenvalue weighted by atomic mass is 15.3. The molecule has 0 aromatic carbocycles. The molecule has 3 rings (SSSR count). The number of rotatable bonds is 4. The Balaban J connectivity index is 1.90. The molecule has 0 atom stereocenters. The number of anilines is 2. The van der Waals surface area contributed by atoms with Gasteiger partial charge in [0.05, 0.1) is 11.6 Å². The molecule has 19 heavy (non-hydrogen) atoms. The van der Waals surface area contributed by atoms with Crippen molar-refractivity contribution in [3.05, 3.63) is 6.20 Å². The van der Waals surface area contributed by atoms with E-state index in [2.05, 4.69) is 37.5 Å². The van der Waals surface area contributed by atoms with Crippen molar-refractivity contribution in [1.82, 2.24) is 20.2 Å². The van der Waals surface area contributed by atoms with E-state index in [1.54, 1.807) is 6.20 Å². The van der Waals surface area contributed by atoms with Gasteiger partial charge in [0.15, 0.2) is 5.65 Å². The second-order valence-electron chi connectivity index (χ2n) is 5.18. The molecule has 0 saturated heterocycles. The summed E-state index contributed by atoms with van der Waals surface area (Å²) in [6, 6.07) is 0. The van der Waals surface area contributed by atoms with Crippen LogP contribution in [0.1, 0.15) is 25.7 Å². The standard InChI is InChI=1S/C12H19N7/c1-19(7-8-4-2-3-5-8)11-9-6-14-18-10(9)15-12(16-11)17-13/h6,8H,2-5,7,13H2,1H3,(H2,14,15,16,17,18). The number of nitrogens with one attached hydrogen (secondary N) is 2. The van der Waals surface area contributed by atoms with Crippen molar-refractivity contribution in [2.45, 2.75) is 25.7 Å². The minimum Gasteiger partial charge on any atom is -0.359 e. The highest BCUT2D eigenvalue weighted by molar-refractivity contribution is 5.87. The number of H-pyrrole nitrogens is 1. The van der Waals surface area contributed by atoms with Gasteiger partial charge >= 0.3 is 0 Å². The van der Waals surface area contributed by atoms with Crippen LogP contribution >= 0.6 is 0 Å². The first kappa shape index (κ1) is 12.2. The summed E-state index contributed by atoms with van der Waals surface area (Å²) in [5.41, 5.74) is 3.21. The third kappa shape index (κ3) is 2.33. The molecule has 2 aromatic heterocycles. The van der Waals surface area contributed by atoms with Crippen LogP contribution in [-0.4, -0.2) is 33.8 Å². The molecule has 2 heterocycles. The molecule has 0 unspecified atom stereocenters. The van der Waals surface area contributed by atoms with Gasteiger partial charge in [-0.25, -0.2) is 5.84 Å². The Hall–Kier alpha value is -1.89. The predicted octanol–water partition coefficient (Wildman–Crippen LogP) is 1.26. The molecule has 1 aliphatic rings. The van der Waals surface area contributed by atoms with Gasteiger partial charge in [-0.15, -0.1) is 0 Å². The fraction of sp³-hybridized carbons (Fsp3) is 0.583. The third-order valence-electron chi connectivity index (χ3n) is 3.79. The molecule has 7 nitrogen and oxygen atoms in total. The van der Waals surface area contributed by atoms with Gasteiger partial charge in [-0.3, -0.25) is 10.5 Å². The summed E-state index contributed by atoms with van der Waals surface area (Å²) in [5, 5.41) is 7.82. The minimum absolute atomic E-state index is 0.407. The second kappa shape index (κ2) is 5.00. The lowest BCUT2D eigenvalue weighted by atomic mass is 10.1. The summed E-state index contributed by atoms with van der Waals surface area (Å²) in [4.78, 5) is 10.9. The van der Waals surface area contributed by atoms with Crippen LogP contribution in [0, 0.1) is 5.92 Å². The fourth-order valence-corrected chi connectivity index (χ4v) is 2.84. The largest absolute Gasteiger partial charge is 0.359 e. The van der Waals surface area contributed by atoms with E-state index in [4.69, 9.17) is 5.84 Å². The lowest BCUT2D eigenvalue weighted by Gasteiger charge is -2.22. The molecule has 0 bridgehead atoms. The molecular weight excluding hydrogens is 242 g/mol. The molecule has 1 aliphatic carbocycles. The maximum Gasteiger partial charge on any atom is 0.241 e. The average Bonchev–Trinajstić information content (AvgIpc) is 3.07. The molecule has 4 N–H and O–H groups in total. The zero-order chi connectivity index (χ0) is 13.2. The van der Waals surface area contributed by atoms with Crippen molar-refractivity contribution in [2.24, 2.45) is 11.8 Å². The number of hydrazine groups is 1. The van der Waals surface area contributed by atoms with Gasteiger partial charge < -0.3 is 4.90 Å². The van der Waals surface area contributed by atoms with E-state index in [1.165, 1.54) is 25.7 Å². The zero-order valence-corrected chi connectivity index (χ0v) is 11.1. The van der Waals surface area contributed by atoms with Crippen LogP contribution in [0.3, 0.4) is 0 Å². The van der Waals surface area contributed by atoms with Crippen molar-refractivity contribution < 1.29 is 0 Å². The molecule has 2 aromatic rings. The smallest absolute Gasteiger partial charge is 0.241 e. The first-order chi connectivity index (χ1) is 9.28. The number of fused-ring (bicyclic) bond motifs is 1. The van der Waals surface area contributed by atoms with Gasteiger partial charge in [0.2, 0.25) is 5.95 Å². The van der Waals surface area contributed by atoms with Gasteiger partial charge in [0.1, 0.15) is 5.82 Å². The van der Waals surface area contributed by atoms with Gasteiger partial charge in [-0.1, -0.05) is 12.8 Å². The van der Waals surface area contributed by atoms with Crippen molar-refractivity contribution in [2.75, 3.05) is 23.9 Å². The third-order valence-corrected chi connectivity index (χ3v) is 3.79. The van der Waals surface area contributed by atoms with Crippen molar-refractivity contribution in [3.8, 4) is 0 Å². The minimum atomic E-state index is 0.407. The number of hydrogen-bond donors (Lipinski definition) is 3. The van der Waals surface area contributed by atoms with Crippen LogP contribution in [-0.2, 0) is 0 Å². The van der Waals surface area contributed by atoms with Crippen LogP contribution in [0.25, 0.3) is 11.0 Å². The summed E-state index contributed by atoms with van der Waals surface area (Å²) in [7, 11) is 2.06. The summed E-state index contributed by atoms with van der Waals surface area (Å²) >= 11 is 0. The SMILES string of the molecule is CN(CC1CCCC1)c1nc(NN)nc2[nH]ncc12. The number of nitrogen functional groups attached to an aromatic ring is 1. The normalized spacial score (nSPS) is 16.1. The lowest BCUT2D eigenvalue weighted by Crippen LogP contribution is -2.25. The van der Waals surface area contributed by atoms with E-state index in [0.29, 0.717) is 11.6 Å². The van der Waals surface area contributed by atoms with Crippen LogP contribution in [0.2, 0.25) is 0 Å². The van der Waals surface area contributed by atoms with E-state index in [1.807, 2.05) is 0 Å². The van der Waals surface area contributed by atoms with E-state index in [0.717, 1.165) is 23.7 Å². The Morgan fingerprint density at radius 1 is 1.42 bits per heavy atom. The zero-order valence-electron chi connectivity index (χ0n) is 11.1. The molecule has 0 spiro atoms. The predicted molar refractivity (Wildman–Crippen MR) is 74.7 cm³/mol. The number of aromatic nitrogens is 4. The highest BCUT2D eigenvalue weighted by Crippen LogP contribution is 2.28. The molecule has 102 valence electrons. The summed E-state index contributed by atoms with van der Waals surface area (Å²) in [5.74, 6) is 7.46. The topological polar surface area (TPSA) is 95.8 Å². The molecule has 0 radical (unpaired) electrons. The average molecular weight is 261 g/mol. The number of hydrogen-bond acceptors (Lipinski definition) is 6. The van der Waals surface area contributed by atoms with Crippen LogP contribution in [0.4, 0.5) is 11.8 Å². The maximum absolute atomic E-state index is 5.41. The Labute approximate surface area is 111 Å². The van der Waals surface area contributed by atoms with Crippen molar-refractivity contribution >= 4 is 22.8 Å². The lowest BCUT2D eigenvalue weighted by molar-refractivity contribution is 0.545. The quantitative estimate of drug-likeness (QED) is 0.566. The number of aromatic amines is 1. The van der Waals surface area contributed by atoms with Crippen molar-refractivity contribution in [3.63, 3.8) is 0 Å². The Morgan fingerprint density at radius 3 is 2.95 bits per heavy atom. The summed E-state index contributed by atoms with van der Waals surface area (Å²) in [6.45, 7) is 1.02. The first-order valence-electron chi connectivity index (χ1n) is 6.67. The first-order valence-corrected chi connectivity index (χ1v) is 6.67. The van der Waals surface area contributed by atoms with Gasteiger partial charge in [-0.05, 0) is 18.8 Å². The Bertz CT molecular complexity index is 558. The highest BCUT2D eigenvalue weighted by Gasteiger charge is 2.19. The van der Waals surface area contributed by atoms with Crippen molar-refractivity contribution in [1.29, 1.82) is 0 Å².